The van der Waals surface area contributed by atoms with E-state index in [0.29, 0.717) is 17.8 Å². The highest BCUT2D eigenvalue weighted by Crippen LogP contribution is 2.18. The Morgan fingerprint density at radius 1 is 1.35 bits per heavy atom. The van der Waals surface area contributed by atoms with Gasteiger partial charge in [0, 0.05) is 38.3 Å². The van der Waals surface area contributed by atoms with Crippen LogP contribution in [0.5, 0.6) is 0 Å². The van der Waals surface area contributed by atoms with E-state index in [2.05, 4.69) is 37.7 Å². The van der Waals surface area contributed by atoms with Gasteiger partial charge < -0.3 is 14.2 Å². The fourth-order valence-electron chi connectivity index (χ4n) is 2.83. The molecule has 1 saturated heterocycles. The Hall–Kier alpha value is -1.33. The molecule has 0 bridgehead atoms. The lowest BCUT2D eigenvalue weighted by Crippen LogP contribution is -2.58. The minimum Gasteiger partial charge on any atom is -0.459 e. The summed E-state index contributed by atoms with van der Waals surface area (Å²) in [6, 6.07) is 4.24. The number of carbonyl (C=O) groups excluding carboxylic acids is 1. The topological polar surface area (TPSA) is 39.9 Å². The van der Waals surface area contributed by atoms with Crippen LogP contribution in [0.4, 0.5) is 0 Å². The van der Waals surface area contributed by atoms with Crippen LogP contribution in [0.15, 0.2) is 22.8 Å². The lowest BCUT2D eigenvalue weighted by molar-refractivity contribution is 0.0263. The third kappa shape index (κ3) is 3.41. The molecule has 5 nitrogen and oxygen atoms in total. The Bertz CT molecular complexity index is 418. The first-order valence-corrected chi connectivity index (χ1v) is 7.22. The molecule has 5 heteroatoms. The predicted molar refractivity (Wildman–Crippen MR) is 78.8 cm³/mol. The summed E-state index contributed by atoms with van der Waals surface area (Å²) < 4.78 is 5.21. The lowest BCUT2D eigenvalue weighted by atomic mass is 10.1. The Morgan fingerprint density at radius 3 is 2.50 bits per heavy atom. The fraction of sp³-hybridized carbons (Fsp3) is 0.667. The van der Waals surface area contributed by atoms with Gasteiger partial charge in [0.2, 0.25) is 0 Å². The van der Waals surface area contributed by atoms with Crippen LogP contribution in [0.1, 0.15) is 24.4 Å². The zero-order valence-electron chi connectivity index (χ0n) is 12.9. The molecule has 0 radical (unpaired) electrons. The highest BCUT2D eigenvalue weighted by atomic mass is 16.3. The van der Waals surface area contributed by atoms with Crippen molar-refractivity contribution in [1.29, 1.82) is 0 Å². The first-order chi connectivity index (χ1) is 9.49. The van der Waals surface area contributed by atoms with E-state index in [-0.39, 0.29) is 5.91 Å². The van der Waals surface area contributed by atoms with E-state index in [4.69, 9.17) is 4.42 Å². The molecule has 2 unspecified atom stereocenters. The van der Waals surface area contributed by atoms with Gasteiger partial charge in [-0.25, -0.2) is 0 Å². The van der Waals surface area contributed by atoms with Gasteiger partial charge in [-0.1, -0.05) is 0 Å². The highest BCUT2D eigenvalue weighted by Gasteiger charge is 2.32. The molecule has 2 atom stereocenters. The average Bonchev–Trinajstić information content (AvgIpc) is 2.90. The zero-order chi connectivity index (χ0) is 14.7. The minimum absolute atomic E-state index is 0.000889. The summed E-state index contributed by atoms with van der Waals surface area (Å²) in [6.45, 7) is 7.98. The monoisotopic (exact) mass is 279 g/mol. The van der Waals surface area contributed by atoms with Crippen molar-refractivity contribution in [2.45, 2.75) is 25.9 Å². The molecule has 0 N–H and O–H groups in total. The zero-order valence-corrected chi connectivity index (χ0v) is 12.9. The third-order valence-corrected chi connectivity index (χ3v) is 3.93. The van der Waals surface area contributed by atoms with Crippen LogP contribution in [0.25, 0.3) is 0 Å². The highest BCUT2D eigenvalue weighted by molar-refractivity contribution is 5.91. The summed E-state index contributed by atoms with van der Waals surface area (Å²) in [5.74, 6) is 0.437. The van der Waals surface area contributed by atoms with Crippen molar-refractivity contribution < 1.29 is 9.21 Å². The number of carbonyl (C=O) groups is 1. The molecule has 1 fully saturated rings. The SMILES string of the molecule is CC1CN(C(=O)c2ccco2)CC(C)N1CCN(C)C. The van der Waals surface area contributed by atoms with Crippen LogP contribution in [-0.4, -0.2) is 73.0 Å². The van der Waals surface area contributed by atoms with E-state index in [9.17, 15) is 4.79 Å². The molecular formula is C15H25N3O2. The maximum absolute atomic E-state index is 12.3. The van der Waals surface area contributed by atoms with E-state index in [1.807, 2.05) is 4.90 Å². The van der Waals surface area contributed by atoms with Crippen molar-refractivity contribution in [3.8, 4) is 0 Å². The molecule has 1 aromatic heterocycles. The first-order valence-electron chi connectivity index (χ1n) is 7.22. The van der Waals surface area contributed by atoms with E-state index in [0.717, 1.165) is 26.2 Å². The number of rotatable bonds is 4. The van der Waals surface area contributed by atoms with Crippen LogP contribution in [0, 0.1) is 0 Å². The maximum atomic E-state index is 12.3. The number of nitrogens with zero attached hydrogens (tertiary/aromatic N) is 3. The van der Waals surface area contributed by atoms with E-state index in [1.54, 1.807) is 18.4 Å². The number of amides is 1. The van der Waals surface area contributed by atoms with E-state index >= 15 is 0 Å². The maximum Gasteiger partial charge on any atom is 0.289 e. The van der Waals surface area contributed by atoms with Gasteiger partial charge in [0.1, 0.15) is 0 Å². The standard InChI is InChI=1S/C15H25N3O2/c1-12-10-17(15(19)14-6-5-9-20-14)11-13(2)18(12)8-7-16(3)4/h5-6,9,12-13H,7-8,10-11H2,1-4H3. The molecule has 20 heavy (non-hydrogen) atoms. The fourth-order valence-corrected chi connectivity index (χ4v) is 2.83. The van der Waals surface area contributed by atoms with Crippen molar-refractivity contribution in [3.63, 3.8) is 0 Å². The molecular weight excluding hydrogens is 254 g/mol. The predicted octanol–water partition coefficient (Wildman–Crippen LogP) is 1.38. The second-order valence-corrected chi connectivity index (χ2v) is 5.93. The normalized spacial score (nSPS) is 24.4. The summed E-state index contributed by atoms with van der Waals surface area (Å²) in [4.78, 5) is 18.9. The Labute approximate surface area is 121 Å². The van der Waals surface area contributed by atoms with Crippen LogP contribution in [0.2, 0.25) is 0 Å². The van der Waals surface area contributed by atoms with Crippen LogP contribution in [0.3, 0.4) is 0 Å². The average molecular weight is 279 g/mol. The molecule has 0 aliphatic carbocycles. The van der Waals surface area contributed by atoms with Gasteiger partial charge in [-0.05, 0) is 40.1 Å². The van der Waals surface area contributed by atoms with Crippen LogP contribution < -0.4 is 0 Å². The van der Waals surface area contributed by atoms with Gasteiger partial charge in [0.25, 0.3) is 5.91 Å². The molecule has 1 aliphatic heterocycles. The Balaban J connectivity index is 1.97. The number of hydrogen-bond acceptors (Lipinski definition) is 4. The third-order valence-electron chi connectivity index (χ3n) is 3.93. The lowest BCUT2D eigenvalue weighted by Gasteiger charge is -2.44. The largest absolute Gasteiger partial charge is 0.459 e. The van der Waals surface area contributed by atoms with Gasteiger partial charge in [-0.2, -0.15) is 0 Å². The quantitative estimate of drug-likeness (QED) is 0.835. The van der Waals surface area contributed by atoms with E-state index < -0.39 is 0 Å². The first kappa shape index (κ1) is 15.1. The second kappa shape index (κ2) is 6.41. The number of likely N-dealkylation sites (N-methyl/N-ethyl adjacent to an activating group) is 1. The van der Waals surface area contributed by atoms with Crippen LogP contribution in [-0.2, 0) is 0 Å². The van der Waals surface area contributed by atoms with Crippen molar-refractivity contribution in [2.24, 2.45) is 0 Å². The van der Waals surface area contributed by atoms with Crippen LogP contribution >= 0.6 is 0 Å². The second-order valence-electron chi connectivity index (χ2n) is 5.93. The van der Waals surface area contributed by atoms with Crippen molar-refractivity contribution in [3.05, 3.63) is 24.2 Å². The molecule has 112 valence electrons. The molecule has 2 rings (SSSR count). The van der Waals surface area contributed by atoms with E-state index in [1.165, 1.54) is 0 Å². The van der Waals surface area contributed by atoms with Crippen molar-refractivity contribution >= 4 is 5.91 Å². The summed E-state index contributed by atoms with van der Waals surface area (Å²) in [5.41, 5.74) is 0. The number of piperazine rings is 1. The summed E-state index contributed by atoms with van der Waals surface area (Å²) in [6.07, 6.45) is 1.55. The van der Waals surface area contributed by atoms with Crippen molar-refractivity contribution in [2.75, 3.05) is 40.3 Å². The number of hydrogen-bond donors (Lipinski definition) is 0. The van der Waals surface area contributed by atoms with Crippen molar-refractivity contribution in [1.82, 2.24) is 14.7 Å². The smallest absolute Gasteiger partial charge is 0.289 e. The molecule has 1 aliphatic rings. The molecule has 0 aromatic carbocycles. The molecule has 2 heterocycles. The minimum atomic E-state index is 0.000889. The Kier molecular flexibility index (Phi) is 4.83. The molecule has 0 saturated carbocycles. The van der Waals surface area contributed by atoms with Gasteiger partial charge in [0.15, 0.2) is 5.76 Å². The van der Waals surface area contributed by atoms with Gasteiger partial charge in [-0.3, -0.25) is 9.69 Å². The molecule has 0 spiro atoms. The molecule has 1 aromatic rings. The Morgan fingerprint density at radius 2 is 2.00 bits per heavy atom. The number of furan rings is 1. The van der Waals surface area contributed by atoms with Gasteiger partial charge in [0.05, 0.1) is 6.26 Å². The molecule has 1 amide bonds. The van der Waals surface area contributed by atoms with Gasteiger partial charge >= 0.3 is 0 Å². The van der Waals surface area contributed by atoms with Gasteiger partial charge in [-0.15, -0.1) is 0 Å². The summed E-state index contributed by atoms with van der Waals surface area (Å²) in [5, 5.41) is 0. The summed E-state index contributed by atoms with van der Waals surface area (Å²) >= 11 is 0. The summed E-state index contributed by atoms with van der Waals surface area (Å²) in [7, 11) is 4.18.